The molecule has 0 heterocycles. The molecule has 0 fully saturated rings. The highest BCUT2D eigenvalue weighted by Crippen LogP contribution is 2.17. The van der Waals surface area contributed by atoms with E-state index in [1.54, 1.807) is 0 Å². The smallest absolute Gasteiger partial charge is 0.306 e. The number of rotatable bonds is 40. The topological polar surface area (TPSA) is 78.9 Å². The second kappa shape index (κ2) is 39.1. The number of carbonyl (C=O) groups excluding carboxylic acids is 3. The summed E-state index contributed by atoms with van der Waals surface area (Å²) in [5.41, 5.74) is 0. The van der Waals surface area contributed by atoms with Crippen molar-refractivity contribution >= 4 is 17.9 Å². The van der Waals surface area contributed by atoms with Gasteiger partial charge in [-0.1, -0.05) is 208 Å². The molecule has 0 aromatic carbocycles. The van der Waals surface area contributed by atoms with Crippen LogP contribution in [0.5, 0.6) is 0 Å². The quantitative estimate of drug-likeness (QED) is 0.0354. The largest absolute Gasteiger partial charge is 0.462 e. The molecule has 0 saturated heterocycles. The number of carbonyl (C=O) groups is 3. The fourth-order valence-corrected chi connectivity index (χ4v) is 6.72. The fourth-order valence-electron chi connectivity index (χ4n) is 6.72. The van der Waals surface area contributed by atoms with Gasteiger partial charge >= 0.3 is 17.9 Å². The van der Waals surface area contributed by atoms with Gasteiger partial charge in [-0.3, -0.25) is 14.4 Å². The van der Waals surface area contributed by atoms with Crippen LogP contribution in [0.4, 0.5) is 0 Å². The molecule has 6 heteroatoms. The predicted molar refractivity (Wildman–Crippen MR) is 220 cm³/mol. The van der Waals surface area contributed by atoms with Crippen LogP contribution in [0.15, 0.2) is 0 Å². The highest BCUT2D eigenvalue weighted by molar-refractivity contribution is 5.71. The summed E-state index contributed by atoms with van der Waals surface area (Å²) >= 11 is 0. The summed E-state index contributed by atoms with van der Waals surface area (Å²) in [7, 11) is 0. The monoisotopic (exact) mass is 737 g/mol. The van der Waals surface area contributed by atoms with E-state index in [1.807, 2.05) is 0 Å². The first-order valence-electron chi connectivity index (χ1n) is 22.8. The molecule has 6 nitrogen and oxygen atoms in total. The number of ether oxygens (including phenoxy) is 3. The Balaban J connectivity index is 4.35. The van der Waals surface area contributed by atoms with E-state index in [0.717, 1.165) is 69.6 Å². The molecule has 0 aromatic rings. The summed E-state index contributed by atoms with van der Waals surface area (Å²) in [6.07, 6.45) is 36.5. The standard InChI is InChI=1S/C46H88O6/c1-6-8-9-10-11-12-15-21-26-31-36-44(47)50-39-43(52-46(49)38-33-28-23-16-13-14-19-24-29-34-41(3)4)40-51-45(48)37-32-27-22-18-17-20-25-30-35-42(5)7-2/h41-43H,6-40H2,1-5H3/t42?,43-/m1/s1. The van der Waals surface area contributed by atoms with Crippen LogP contribution in [0, 0.1) is 11.8 Å². The molecule has 1 unspecified atom stereocenters. The van der Waals surface area contributed by atoms with E-state index in [4.69, 9.17) is 14.2 Å². The van der Waals surface area contributed by atoms with E-state index < -0.39 is 6.10 Å². The zero-order valence-electron chi connectivity index (χ0n) is 35.4. The van der Waals surface area contributed by atoms with E-state index in [1.165, 1.54) is 135 Å². The Bertz CT molecular complexity index is 796. The first-order chi connectivity index (χ1) is 25.3. The zero-order chi connectivity index (χ0) is 38.3. The van der Waals surface area contributed by atoms with Gasteiger partial charge in [0.25, 0.3) is 0 Å². The maximum atomic E-state index is 12.7. The summed E-state index contributed by atoms with van der Waals surface area (Å²) < 4.78 is 16.7. The number of hydrogen-bond donors (Lipinski definition) is 0. The molecule has 0 aliphatic heterocycles. The van der Waals surface area contributed by atoms with E-state index in [2.05, 4.69) is 34.6 Å². The van der Waals surface area contributed by atoms with Crippen LogP contribution in [-0.2, 0) is 28.6 Å². The van der Waals surface area contributed by atoms with Crippen molar-refractivity contribution in [2.45, 2.75) is 253 Å². The maximum absolute atomic E-state index is 12.7. The molecule has 0 aromatic heterocycles. The molecule has 0 saturated carbocycles. The molecule has 0 aliphatic rings. The molecule has 0 amide bonds. The Morgan fingerprint density at radius 2 is 0.731 bits per heavy atom. The average Bonchev–Trinajstić information content (AvgIpc) is 3.12. The lowest BCUT2D eigenvalue weighted by molar-refractivity contribution is -0.167. The second-order valence-corrected chi connectivity index (χ2v) is 16.4. The minimum Gasteiger partial charge on any atom is -0.462 e. The number of esters is 3. The van der Waals surface area contributed by atoms with Crippen molar-refractivity contribution in [3.8, 4) is 0 Å². The van der Waals surface area contributed by atoms with Crippen LogP contribution in [0.2, 0.25) is 0 Å². The predicted octanol–water partition coefficient (Wildman–Crippen LogP) is 14.2. The van der Waals surface area contributed by atoms with Crippen molar-refractivity contribution in [3.05, 3.63) is 0 Å². The summed E-state index contributed by atoms with van der Waals surface area (Å²) in [4.78, 5) is 37.7. The third-order valence-electron chi connectivity index (χ3n) is 10.6. The minimum absolute atomic E-state index is 0.0653. The summed E-state index contributed by atoms with van der Waals surface area (Å²) in [5.74, 6) is 0.793. The average molecular weight is 737 g/mol. The highest BCUT2D eigenvalue weighted by Gasteiger charge is 2.19. The maximum Gasteiger partial charge on any atom is 0.306 e. The van der Waals surface area contributed by atoms with Crippen molar-refractivity contribution in [2.24, 2.45) is 11.8 Å². The van der Waals surface area contributed by atoms with Gasteiger partial charge in [-0.2, -0.15) is 0 Å². The van der Waals surface area contributed by atoms with Crippen molar-refractivity contribution in [3.63, 3.8) is 0 Å². The summed E-state index contributed by atoms with van der Waals surface area (Å²) in [6, 6.07) is 0. The molecule has 0 N–H and O–H groups in total. The molecular formula is C46H88O6. The lowest BCUT2D eigenvalue weighted by atomic mass is 9.99. The molecule has 0 radical (unpaired) electrons. The van der Waals surface area contributed by atoms with E-state index in [0.29, 0.717) is 19.3 Å². The Morgan fingerprint density at radius 3 is 1.10 bits per heavy atom. The molecule has 52 heavy (non-hydrogen) atoms. The van der Waals surface area contributed by atoms with Gasteiger partial charge in [0.05, 0.1) is 0 Å². The Kier molecular flexibility index (Phi) is 37.9. The normalized spacial score (nSPS) is 12.6. The van der Waals surface area contributed by atoms with Crippen LogP contribution in [0.3, 0.4) is 0 Å². The van der Waals surface area contributed by atoms with Gasteiger partial charge in [0.2, 0.25) is 0 Å². The van der Waals surface area contributed by atoms with E-state index >= 15 is 0 Å². The lowest BCUT2D eigenvalue weighted by Crippen LogP contribution is -2.30. The third kappa shape index (κ3) is 38.1. The minimum atomic E-state index is -0.760. The van der Waals surface area contributed by atoms with Gasteiger partial charge in [-0.25, -0.2) is 0 Å². The SMILES string of the molecule is CCCCCCCCCCCCC(=O)OC[C@H](COC(=O)CCCCCCCCCCC(C)CC)OC(=O)CCCCCCCCCCCC(C)C. The highest BCUT2D eigenvalue weighted by atomic mass is 16.6. The fraction of sp³-hybridized carbons (Fsp3) is 0.935. The third-order valence-corrected chi connectivity index (χ3v) is 10.6. The number of unbranched alkanes of at least 4 members (excludes halogenated alkanes) is 24. The van der Waals surface area contributed by atoms with Gasteiger partial charge in [-0.05, 0) is 31.1 Å². The zero-order valence-corrected chi connectivity index (χ0v) is 35.4. The van der Waals surface area contributed by atoms with Gasteiger partial charge in [-0.15, -0.1) is 0 Å². The Hall–Kier alpha value is -1.59. The lowest BCUT2D eigenvalue weighted by Gasteiger charge is -2.18. The van der Waals surface area contributed by atoms with E-state index in [9.17, 15) is 14.4 Å². The second-order valence-electron chi connectivity index (χ2n) is 16.4. The molecule has 0 spiro atoms. The molecule has 0 rings (SSSR count). The van der Waals surface area contributed by atoms with Gasteiger partial charge < -0.3 is 14.2 Å². The molecular weight excluding hydrogens is 648 g/mol. The summed E-state index contributed by atoms with van der Waals surface area (Å²) in [5, 5.41) is 0. The first-order valence-corrected chi connectivity index (χ1v) is 22.8. The summed E-state index contributed by atoms with van der Waals surface area (Å²) in [6.45, 7) is 11.3. The molecule has 308 valence electrons. The van der Waals surface area contributed by atoms with Crippen LogP contribution in [-0.4, -0.2) is 37.2 Å². The van der Waals surface area contributed by atoms with Crippen molar-refractivity contribution in [1.29, 1.82) is 0 Å². The molecule has 0 bridgehead atoms. The van der Waals surface area contributed by atoms with Gasteiger partial charge in [0.1, 0.15) is 13.2 Å². The van der Waals surface area contributed by atoms with Crippen LogP contribution >= 0.6 is 0 Å². The molecule has 2 atom stereocenters. The van der Waals surface area contributed by atoms with Crippen molar-refractivity contribution in [1.82, 2.24) is 0 Å². The number of hydrogen-bond acceptors (Lipinski definition) is 6. The molecule has 0 aliphatic carbocycles. The van der Waals surface area contributed by atoms with Gasteiger partial charge in [0.15, 0.2) is 6.10 Å². The van der Waals surface area contributed by atoms with Crippen molar-refractivity contribution in [2.75, 3.05) is 13.2 Å². The van der Waals surface area contributed by atoms with Crippen molar-refractivity contribution < 1.29 is 28.6 Å². The van der Waals surface area contributed by atoms with Crippen LogP contribution in [0.25, 0.3) is 0 Å². The Morgan fingerprint density at radius 1 is 0.404 bits per heavy atom. The van der Waals surface area contributed by atoms with Gasteiger partial charge in [0, 0.05) is 19.3 Å². The van der Waals surface area contributed by atoms with Crippen LogP contribution in [0.1, 0.15) is 247 Å². The Labute approximate surface area is 323 Å². The van der Waals surface area contributed by atoms with Crippen LogP contribution < -0.4 is 0 Å². The first kappa shape index (κ1) is 50.4. The van der Waals surface area contributed by atoms with E-state index in [-0.39, 0.29) is 31.1 Å².